The second-order valence-electron chi connectivity index (χ2n) is 3.10. The third-order valence-electron chi connectivity index (χ3n) is 1.82. The Hall–Kier alpha value is -0.160. The van der Waals surface area contributed by atoms with Crippen LogP contribution >= 0.6 is 0 Å². The van der Waals surface area contributed by atoms with Gasteiger partial charge in [0.05, 0.1) is 19.8 Å². The van der Waals surface area contributed by atoms with Gasteiger partial charge in [-0.05, 0) is 33.6 Å². The van der Waals surface area contributed by atoms with E-state index < -0.39 is 0 Å². The Morgan fingerprint density at radius 3 is 2.69 bits per heavy atom. The van der Waals surface area contributed by atoms with Crippen LogP contribution in [0.25, 0.3) is 0 Å². The minimum Gasteiger partial charge on any atom is -0.394 e. The molecule has 0 atom stereocenters. The molecule has 0 aliphatic heterocycles. The van der Waals surface area contributed by atoms with Crippen LogP contribution in [0.4, 0.5) is 0 Å². The van der Waals surface area contributed by atoms with Gasteiger partial charge in [0.2, 0.25) is 0 Å². The number of hydrogen-bond donors (Lipinski definition) is 2. The van der Waals surface area contributed by atoms with Crippen molar-refractivity contribution in [1.29, 1.82) is 0 Å². The second kappa shape index (κ2) is 9.92. The monoisotopic (exact) mass is 190 g/mol. The van der Waals surface area contributed by atoms with Crippen molar-refractivity contribution < 1.29 is 9.84 Å². The van der Waals surface area contributed by atoms with Crippen molar-refractivity contribution in [1.82, 2.24) is 10.2 Å². The first-order chi connectivity index (χ1) is 6.31. The average molecular weight is 190 g/mol. The lowest BCUT2D eigenvalue weighted by atomic mass is 10.4. The lowest BCUT2D eigenvalue weighted by molar-refractivity contribution is 0.0783. The maximum Gasteiger partial charge on any atom is 0.0698 e. The smallest absolute Gasteiger partial charge is 0.0698 e. The van der Waals surface area contributed by atoms with Gasteiger partial charge in [0.15, 0.2) is 0 Å². The van der Waals surface area contributed by atoms with Crippen LogP contribution in [0.2, 0.25) is 0 Å². The number of aliphatic hydroxyl groups is 1. The molecule has 0 heterocycles. The van der Waals surface area contributed by atoms with Gasteiger partial charge in [-0.3, -0.25) is 0 Å². The molecule has 0 unspecified atom stereocenters. The predicted molar refractivity (Wildman–Crippen MR) is 53.9 cm³/mol. The van der Waals surface area contributed by atoms with E-state index in [1.165, 1.54) is 0 Å². The number of likely N-dealkylation sites (N-methyl/N-ethyl adjacent to an activating group) is 1. The van der Waals surface area contributed by atoms with Crippen LogP contribution in [0, 0.1) is 0 Å². The molecule has 0 aliphatic rings. The van der Waals surface area contributed by atoms with E-state index in [4.69, 9.17) is 9.84 Å². The highest BCUT2D eigenvalue weighted by molar-refractivity contribution is 4.51. The van der Waals surface area contributed by atoms with Crippen molar-refractivity contribution in [3.63, 3.8) is 0 Å². The fourth-order valence-corrected chi connectivity index (χ4v) is 1.02. The van der Waals surface area contributed by atoms with Gasteiger partial charge in [-0.1, -0.05) is 0 Å². The number of hydrogen-bond acceptors (Lipinski definition) is 4. The maximum atomic E-state index is 8.46. The standard InChI is InChI=1S/C9H22N2O2/c1-10-4-3-5-11(2)6-8-13-9-7-12/h10,12H,3-9H2,1-2H3. The SMILES string of the molecule is CNCCCN(C)CCOCCO. The molecule has 0 radical (unpaired) electrons. The van der Waals surface area contributed by atoms with Gasteiger partial charge in [-0.15, -0.1) is 0 Å². The normalized spacial score (nSPS) is 11.1. The number of ether oxygens (including phenoxy) is 1. The van der Waals surface area contributed by atoms with Gasteiger partial charge < -0.3 is 20.1 Å². The summed E-state index contributed by atoms with van der Waals surface area (Å²) < 4.78 is 5.15. The highest BCUT2D eigenvalue weighted by Crippen LogP contribution is 1.86. The molecule has 0 aliphatic carbocycles. The van der Waals surface area contributed by atoms with Gasteiger partial charge in [-0.2, -0.15) is 0 Å². The van der Waals surface area contributed by atoms with Crippen molar-refractivity contribution in [3.05, 3.63) is 0 Å². The zero-order chi connectivity index (χ0) is 9.94. The van der Waals surface area contributed by atoms with Crippen LogP contribution in [0.1, 0.15) is 6.42 Å². The lowest BCUT2D eigenvalue weighted by Crippen LogP contribution is -2.26. The Balaban J connectivity index is 3.05. The molecule has 0 spiro atoms. The molecule has 0 amide bonds. The molecule has 2 N–H and O–H groups in total. The third-order valence-corrected chi connectivity index (χ3v) is 1.82. The van der Waals surface area contributed by atoms with Gasteiger partial charge in [0, 0.05) is 6.54 Å². The van der Waals surface area contributed by atoms with Gasteiger partial charge >= 0.3 is 0 Å². The summed E-state index contributed by atoms with van der Waals surface area (Å²) in [7, 11) is 4.04. The fourth-order valence-electron chi connectivity index (χ4n) is 1.02. The van der Waals surface area contributed by atoms with E-state index >= 15 is 0 Å². The summed E-state index contributed by atoms with van der Waals surface area (Å²) >= 11 is 0. The third kappa shape index (κ3) is 9.76. The van der Waals surface area contributed by atoms with Crippen LogP contribution in [0.3, 0.4) is 0 Å². The summed E-state index contributed by atoms with van der Waals surface area (Å²) in [6.45, 7) is 4.35. The quantitative estimate of drug-likeness (QED) is 0.483. The first-order valence-corrected chi connectivity index (χ1v) is 4.83. The van der Waals surface area contributed by atoms with Gasteiger partial charge in [0.25, 0.3) is 0 Å². The fraction of sp³-hybridized carbons (Fsp3) is 1.00. The zero-order valence-electron chi connectivity index (χ0n) is 8.75. The summed E-state index contributed by atoms with van der Waals surface area (Å²) in [5.41, 5.74) is 0. The molecule has 13 heavy (non-hydrogen) atoms. The summed E-state index contributed by atoms with van der Waals surface area (Å²) in [6, 6.07) is 0. The van der Waals surface area contributed by atoms with Crippen LogP contribution in [-0.4, -0.2) is 63.6 Å². The highest BCUT2D eigenvalue weighted by atomic mass is 16.5. The van der Waals surface area contributed by atoms with Crippen LogP contribution in [0.15, 0.2) is 0 Å². The van der Waals surface area contributed by atoms with E-state index in [-0.39, 0.29) is 6.61 Å². The molecule has 0 aromatic rings. The van der Waals surface area contributed by atoms with E-state index in [2.05, 4.69) is 17.3 Å². The van der Waals surface area contributed by atoms with Crippen LogP contribution in [-0.2, 0) is 4.74 Å². The molecule has 4 nitrogen and oxygen atoms in total. The number of nitrogens with zero attached hydrogens (tertiary/aromatic N) is 1. The van der Waals surface area contributed by atoms with E-state index in [0.717, 1.165) is 26.1 Å². The molecular formula is C9H22N2O2. The molecule has 0 rings (SSSR count). The van der Waals surface area contributed by atoms with Crippen LogP contribution < -0.4 is 5.32 Å². The van der Waals surface area contributed by atoms with Gasteiger partial charge in [-0.25, -0.2) is 0 Å². The minimum atomic E-state index is 0.115. The van der Waals surface area contributed by atoms with E-state index in [1.54, 1.807) is 0 Å². The van der Waals surface area contributed by atoms with Crippen molar-refractivity contribution in [2.75, 3.05) is 53.6 Å². The van der Waals surface area contributed by atoms with Gasteiger partial charge in [0.1, 0.15) is 0 Å². The van der Waals surface area contributed by atoms with E-state index in [1.807, 2.05) is 7.05 Å². The number of aliphatic hydroxyl groups excluding tert-OH is 1. The Morgan fingerprint density at radius 2 is 2.08 bits per heavy atom. The lowest BCUT2D eigenvalue weighted by Gasteiger charge is -2.15. The summed E-state index contributed by atoms with van der Waals surface area (Å²) in [5, 5.41) is 11.6. The number of rotatable bonds is 9. The molecule has 4 heteroatoms. The molecular weight excluding hydrogens is 168 g/mol. The maximum absolute atomic E-state index is 8.46. The largest absolute Gasteiger partial charge is 0.394 e. The Kier molecular flexibility index (Phi) is 9.80. The first-order valence-electron chi connectivity index (χ1n) is 4.83. The number of nitrogens with one attached hydrogen (secondary N) is 1. The van der Waals surface area contributed by atoms with Crippen molar-refractivity contribution in [3.8, 4) is 0 Å². The average Bonchev–Trinajstić information content (AvgIpc) is 2.13. The summed E-state index contributed by atoms with van der Waals surface area (Å²) in [4.78, 5) is 2.23. The molecule has 80 valence electrons. The van der Waals surface area contributed by atoms with Crippen molar-refractivity contribution in [2.24, 2.45) is 0 Å². The highest BCUT2D eigenvalue weighted by Gasteiger charge is 1.96. The molecule has 0 saturated carbocycles. The molecule has 0 bridgehead atoms. The molecule has 0 aromatic heterocycles. The predicted octanol–water partition coefficient (Wildman–Crippen LogP) is -0.463. The van der Waals surface area contributed by atoms with E-state index in [0.29, 0.717) is 13.2 Å². The Bertz CT molecular complexity index is 102. The zero-order valence-corrected chi connectivity index (χ0v) is 8.75. The van der Waals surface area contributed by atoms with Crippen molar-refractivity contribution in [2.45, 2.75) is 6.42 Å². The van der Waals surface area contributed by atoms with E-state index in [9.17, 15) is 0 Å². The summed E-state index contributed by atoms with van der Waals surface area (Å²) in [6.07, 6.45) is 1.16. The molecule has 0 fully saturated rings. The Morgan fingerprint density at radius 1 is 1.31 bits per heavy atom. The molecule has 0 aromatic carbocycles. The molecule has 0 saturated heterocycles. The topological polar surface area (TPSA) is 44.7 Å². The summed E-state index contributed by atoms with van der Waals surface area (Å²) in [5.74, 6) is 0. The minimum absolute atomic E-state index is 0.115. The first kappa shape index (κ1) is 12.8. The van der Waals surface area contributed by atoms with Crippen LogP contribution in [0.5, 0.6) is 0 Å². The van der Waals surface area contributed by atoms with Crippen molar-refractivity contribution >= 4 is 0 Å². The Labute approximate surface area is 80.9 Å². The second-order valence-corrected chi connectivity index (χ2v) is 3.10.